The highest BCUT2D eigenvalue weighted by molar-refractivity contribution is 6.31. The van der Waals surface area contributed by atoms with Crippen molar-refractivity contribution in [2.45, 2.75) is 13.5 Å². The minimum absolute atomic E-state index is 0.00232. The number of aryl methyl sites for hydroxylation is 1. The Morgan fingerprint density at radius 1 is 1.25 bits per heavy atom. The second-order valence-electron chi connectivity index (χ2n) is 4.47. The first kappa shape index (κ1) is 12.9. The van der Waals surface area contributed by atoms with Gasteiger partial charge < -0.3 is 9.67 Å². The number of imidazole rings is 1. The summed E-state index contributed by atoms with van der Waals surface area (Å²) in [5, 5.41) is 10.5. The van der Waals surface area contributed by atoms with Crippen LogP contribution in [0.5, 0.6) is 5.75 Å². The summed E-state index contributed by atoms with van der Waals surface area (Å²) in [5.74, 6) is 0.120. The molecule has 0 radical (unpaired) electrons. The third-order valence-corrected chi connectivity index (χ3v) is 3.46. The molecule has 3 rings (SSSR count). The minimum Gasteiger partial charge on any atom is -0.507 e. The molecule has 1 N–H and O–H groups in total. The predicted octanol–water partition coefficient (Wildman–Crippen LogP) is 4.22. The van der Waals surface area contributed by atoms with Gasteiger partial charge in [0.2, 0.25) is 0 Å². The molecule has 0 fully saturated rings. The van der Waals surface area contributed by atoms with Crippen molar-refractivity contribution in [1.82, 2.24) is 9.55 Å². The standard InChI is InChI=1S/C15H12ClFN2O/c1-2-19-13-5-3-9(16)7-12(13)18-15(19)11-8-10(17)4-6-14(11)20/h3-8,20H,2H2,1H3. The van der Waals surface area contributed by atoms with Gasteiger partial charge in [0.1, 0.15) is 17.4 Å². The van der Waals surface area contributed by atoms with E-state index in [4.69, 9.17) is 11.6 Å². The third kappa shape index (κ3) is 2.02. The molecule has 0 spiro atoms. The number of halogens is 2. The maximum Gasteiger partial charge on any atom is 0.144 e. The fourth-order valence-electron chi connectivity index (χ4n) is 2.32. The Balaban J connectivity index is 2.32. The maximum atomic E-state index is 13.4. The summed E-state index contributed by atoms with van der Waals surface area (Å²) in [7, 11) is 0. The first-order chi connectivity index (χ1) is 9.60. The number of phenolic OH excluding ortho intramolecular Hbond substituents is 1. The van der Waals surface area contributed by atoms with Crippen molar-refractivity contribution in [3.8, 4) is 17.1 Å². The molecule has 102 valence electrons. The van der Waals surface area contributed by atoms with Crippen LogP contribution in [0.15, 0.2) is 36.4 Å². The normalized spacial score (nSPS) is 11.2. The smallest absolute Gasteiger partial charge is 0.144 e. The highest BCUT2D eigenvalue weighted by atomic mass is 35.5. The molecule has 0 aliphatic heterocycles. The minimum atomic E-state index is -0.412. The zero-order valence-electron chi connectivity index (χ0n) is 10.8. The van der Waals surface area contributed by atoms with Crippen molar-refractivity contribution in [3.05, 3.63) is 47.2 Å². The number of fused-ring (bicyclic) bond motifs is 1. The molecule has 5 heteroatoms. The van der Waals surface area contributed by atoms with Crippen molar-refractivity contribution in [3.63, 3.8) is 0 Å². The number of hydrogen-bond donors (Lipinski definition) is 1. The monoisotopic (exact) mass is 290 g/mol. The number of rotatable bonds is 2. The van der Waals surface area contributed by atoms with E-state index in [2.05, 4.69) is 4.98 Å². The van der Waals surface area contributed by atoms with Gasteiger partial charge in [-0.25, -0.2) is 9.37 Å². The van der Waals surface area contributed by atoms with Crippen molar-refractivity contribution >= 4 is 22.6 Å². The van der Waals surface area contributed by atoms with Crippen LogP contribution in [-0.4, -0.2) is 14.7 Å². The molecule has 0 saturated carbocycles. The molecule has 3 aromatic rings. The van der Waals surface area contributed by atoms with Gasteiger partial charge in [-0.2, -0.15) is 0 Å². The van der Waals surface area contributed by atoms with E-state index in [1.165, 1.54) is 18.2 Å². The van der Waals surface area contributed by atoms with Gasteiger partial charge in [-0.05, 0) is 43.3 Å². The lowest BCUT2D eigenvalue weighted by molar-refractivity contribution is 0.474. The summed E-state index contributed by atoms with van der Waals surface area (Å²) in [4.78, 5) is 4.47. The fourth-order valence-corrected chi connectivity index (χ4v) is 2.48. The Morgan fingerprint density at radius 2 is 2.05 bits per heavy atom. The molecule has 0 saturated heterocycles. The van der Waals surface area contributed by atoms with Crippen LogP contribution in [-0.2, 0) is 6.54 Å². The molecule has 20 heavy (non-hydrogen) atoms. The summed E-state index contributed by atoms with van der Waals surface area (Å²) in [6.45, 7) is 2.62. The first-order valence-electron chi connectivity index (χ1n) is 6.25. The van der Waals surface area contributed by atoms with Gasteiger partial charge >= 0.3 is 0 Å². The van der Waals surface area contributed by atoms with Crippen molar-refractivity contribution in [2.75, 3.05) is 0 Å². The molecule has 0 unspecified atom stereocenters. The molecule has 1 heterocycles. The molecule has 0 amide bonds. The van der Waals surface area contributed by atoms with Crippen LogP contribution < -0.4 is 0 Å². The molecular formula is C15H12ClFN2O. The van der Waals surface area contributed by atoms with Crippen LogP contribution in [0.3, 0.4) is 0 Å². The molecule has 1 aromatic heterocycles. The van der Waals surface area contributed by atoms with Crippen molar-refractivity contribution in [1.29, 1.82) is 0 Å². The van der Waals surface area contributed by atoms with Crippen LogP contribution in [0.1, 0.15) is 6.92 Å². The summed E-state index contributed by atoms with van der Waals surface area (Å²) in [5.41, 5.74) is 1.99. The van der Waals surface area contributed by atoms with E-state index in [9.17, 15) is 9.50 Å². The lowest BCUT2D eigenvalue weighted by atomic mass is 10.2. The average molecular weight is 291 g/mol. The molecular weight excluding hydrogens is 279 g/mol. The Morgan fingerprint density at radius 3 is 2.80 bits per heavy atom. The van der Waals surface area contributed by atoms with E-state index < -0.39 is 5.82 Å². The lowest BCUT2D eigenvalue weighted by Gasteiger charge is -2.07. The topological polar surface area (TPSA) is 38.0 Å². The number of aromatic hydroxyl groups is 1. The van der Waals surface area contributed by atoms with Gasteiger partial charge in [-0.3, -0.25) is 0 Å². The number of phenols is 1. The quantitative estimate of drug-likeness (QED) is 0.767. The third-order valence-electron chi connectivity index (χ3n) is 3.23. The Hall–Kier alpha value is -2.07. The Labute approximate surface area is 120 Å². The van der Waals surface area contributed by atoms with Crippen molar-refractivity contribution < 1.29 is 9.50 Å². The van der Waals surface area contributed by atoms with Gasteiger partial charge in [0, 0.05) is 11.6 Å². The van der Waals surface area contributed by atoms with Gasteiger partial charge in [0.05, 0.1) is 16.6 Å². The van der Waals surface area contributed by atoms with E-state index >= 15 is 0 Å². The molecule has 0 bridgehead atoms. The lowest BCUT2D eigenvalue weighted by Crippen LogP contribution is -1.98. The molecule has 0 aliphatic carbocycles. The summed E-state index contributed by atoms with van der Waals surface area (Å²) in [6, 6.07) is 9.24. The van der Waals surface area contributed by atoms with Gasteiger partial charge in [-0.15, -0.1) is 0 Å². The van der Waals surface area contributed by atoms with Crippen LogP contribution in [0, 0.1) is 5.82 Å². The average Bonchev–Trinajstić information content (AvgIpc) is 2.78. The Kier molecular flexibility index (Phi) is 3.10. The SMILES string of the molecule is CCn1c(-c2cc(F)ccc2O)nc2cc(Cl)ccc21. The van der Waals surface area contributed by atoms with E-state index in [-0.39, 0.29) is 5.75 Å². The van der Waals surface area contributed by atoms with Crippen LogP contribution in [0.4, 0.5) is 4.39 Å². The summed E-state index contributed by atoms with van der Waals surface area (Å²) >= 11 is 5.97. The van der Waals surface area contributed by atoms with Gasteiger partial charge in [-0.1, -0.05) is 11.6 Å². The van der Waals surface area contributed by atoms with Crippen molar-refractivity contribution in [2.24, 2.45) is 0 Å². The molecule has 0 aliphatic rings. The predicted molar refractivity (Wildman–Crippen MR) is 77.5 cm³/mol. The highest BCUT2D eigenvalue weighted by Crippen LogP contribution is 2.32. The Bertz CT molecular complexity index is 798. The zero-order valence-corrected chi connectivity index (χ0v) is 11.5. The fraction of sp³-hybridized carbons (Fsp3) is 0.133. The maximum absolute atomic E-state index is 13.4. The first-order valence-corrected chi connectivity index (χ1v) is 6.62. The van der Waals surface area contributed by atoms with Crippen LogP contribution in [0.25, 0.3) is 22.4 Å². The van der Waals surface area contributed by atoms with Crippen LogP contribution >= 0.6 is 11.6 Å². The van der Waals surface area contributed by atoms with E-state index in [0.717, 1.165) is 11.0 Å². The molecule has 3 nitrogen and oxygen atoms in total. The molecule has 2 aromatic carbocycles. The highest BCUT2D eigenvalue weighted by Gasteiger charge is 2.15. The molecule has 0 atom stereocenters. The largest absolute Gasteiger partial charge is 0.507 e. The second kappa shape index (κ2) is 4.80. The zero-order chi connectivity index (χ0) is 14.3. The summed E-state index contributed by atoms with van der Waals surface area (Å²) in [6.07, 6.45) is 0. The van der Waals surface area contributed by atoms with E-state index in [1.54, 1.807) is 12.1 Å². The number of benzene rings is 2. The van der Waals surface area contributed by atoms with E-state index in [1.807, 2.05) is 17.6 Å². The second-order valence-corrected chi connectivity index (χ2v) is 4.91. The van der Waals surface area contributed by atoms with Gasteiger partial charge in [0.25, 0.3) is 0 Å². The van der Waals surface area contributed by atoms with E-state index in [0.29, 0.717) is 23.0 Å². The number of aromatic nitrogens is 2. The summed E-state index contributed by atoms with van der Waals surface area (Å²) < 4.78 is 15.3. The van der Waals surface area contributed by atoms with Crippen LogP contribution in [0.2, 0.25) is 5.02 Å². The number of hydrogen-bond acceptors (Lipinski definition) is 2. The number of nitrogens with zero attached hydrogens (tertiary/aromatic N) is 2. The van der Waals surface area contributed by atoms with Gasteiger partial charge in [0.15, 0.2) is 0 Å².